The van der Waals surface area contributed by atoms with Crippen molar-refractivity contribution in [1.82, 2.24) is 5.32 Å². The van der Waals surface area contributed by atoms with Gasteiger partial charge in [-0.05, 0) is 7.05 Å². The lowest BCUT2D eigenvalue weighted by atomic mass is 10.1. The Kier molecular flexibility index (Phi) is 1.85. The predicted octanol–water partition coefficient (Wildman–Crippen LogP) is -1.27. The number of fused-ring (bicyclic) bond motifs is 1. The van der Waals surface area contributed by atoms with Gasteiger partial charge in [0.1, 0.15) is 18.3 Å². The molecule has 2 aliphatic rings. The van der Waals surface area contributed by atoms with Gasteiger partial charge in [0, 0.05) is 0 Å². The normalized spacial score (nSPS) is 49.6. The zero-order valence-corrected chi connectivity index (χ0v) is 6.49. The molecule has 11 heavy (non-hydrogen) atoms. The van der Waals surface area contributed by atoms with E-state index in [1.807, 2.05) is 7.05 Å². The molecule has 0 aromatic rings. The number of rotatable bonds is 1. The van der Waals surface area contributed by atoms with Crippen LogP contribution >= 0.6 is 0 Å². The molecule has 0 spiro atoms. The highest BCUT2D eigenvalue weighted by atomic mass is 16.6. The monoisotopic (exact) mass is 159 g/mol. The molecule has 0 aromatic carbocycles. The van der Waals surface area contributed by atoms with Crippen LogP contribution in [0.1, 0.15) is 0 Å². The third-order valence-corrected chi connectivity index (χ3v) is 2.40. The molecule has 0 bridgehead atoms. The maximum Gasteiger partial charge on any atom is 0.113 e. The lowest BCUT2D eigenvalue weighted by Gasteiger charge is -2.13. The fourth-order valence-corrected chi connectivity index (χ4v) is 1.73. The molecule has 2 N–H and O–H groups in total. The van der Waals surface area contributed by atoms with Crippen LogP contribution in [0.4, 0.5) is 0 Å². The number of nitrogens with one attached hydrogen (secondary N) is 1. The molecule has 2 fully saturated rings. The fourth-order valence-electron chi connectivity index (χ4n) is 1.73. The lowest BCUT2D eigenvalue weighted by molar-refractivity contribution is 0.0179. The first-order chi connectivity index (χ1) is 5.33. The number of ether oxygens (including phenoxy) is 2. The van der Waals surface area contributed by atoms with Crippen LogP contribution in [0.5, 0.6) is 0 Å². The Morgan fingerprint density at radius 1 is 1.27 bits per heavy atom. The number of aliphatic hydroxyl groups is 1. The van der Waals surface area contributed by atoms with Gasteiger partial charge in [-0.25, -0.2) is 0 Å². The van der Waals surface area contributed by atoms with E-state index in [0.717, 1.165) is 0 Å². The third-order valence-electron chi connectivity index (χ3n) is 2.40. The van der Waals surface area contributed by atoms with Gasteiger partial charge in [0.25, 0.3) is 0 Å². The summed E-state index contributed by atoms with van der Waals surface area (Å²) in [5.41, 5.74) is 0. The van der Waals surface area contributed by atoms with Crippen molar-refractivity contribution in [1.29, 1.82) is 0 Å². The minimum atomic E-state index is -0.432. The second kappa shape index (κ2) is 2.71. The van der Waals surface area contributed by atoms with E-state index < -0.39 is 6.10 Å². The summed E-state index contributed by atoms with van der Waals surface area (Å²) in [6.45, 7) is 1.05. The number of hydrogen-bond acceptors (Lipinski definition) is 4. The second-order valence-corrected chi connectivity index (χ2v) is 3.06. The molecule has 0 amide bonds. The first-order valence-electron chi connectivity index (χ1n) is 3.91. The zero-order chi connectivity index (χ0) is 7.84. The molecule has 4 nitrogen and oxygen atoms in total. The van der Waals surface area contributed by atoms with Crippen LogP contribution < -0.4 is 5.32 Å². The van der Waals surface area contributed by atoms with Crippen molar-refractivity contribution >= 4 is 0 Å². The summed E-state index contributed by atoms with van der Waals surface area (Å²) < 4.78 is 10.7. The molecule has 0 aliphatic carbocycles. The Morgan fingerprint density at radius 2 is 2.00 bits per heavy atom. The highest BCUT2D eigenvalue weighted by Gasteiger charge is 2.46. The highest BCUT2D eigenvalue weighted by Crippen LogP contribution is 2.26. The number of likely N-dealkylation sites (N-methyl/N-ethyl adjacent to an activating group) is 1. The van der Waals surface area contributed by atoms with Gasteiger partial charge >= 0.3 is 0 Å². The van der Waals surface area contributed by atoms with Crippen molar-refractivity contribution in [2.45, 2.75) is 24.4 Å². The summed E-state index contributed by atoms with van der Waals surface area (Å²) in [5.74, 6) is 0. The topological polar surface area (TPSA) is 50.7 Å². The Bertz CT molecular complexity index is 153. The summed E-state index contributed by atoms with van der Waals surface area (Å²) >= 11 is 0. The maximum absolute atomic E-state index is 9.33. The molecule has 4 atom stereocenters. The molecule has 2 rings (SSSR count). The fraction of sp³-hybridized carbons (Fsp3) is 1.00. The lowest BCUT2D eigenvalue weighted by Crippen LogP contribution is -2.39. The molecular weight excluding hydrogens is 146 g/mol. The second-order valence-electron chi connectivity index (χ2n) is 3.06. The van der Waals surface area contributed by atoms with Crippen LogP contribution in [0.2, 0.25) is 0 Å². The third kappa shape index (κ3) is 1.06. The average Bonchev–Trinajstić information content (AvgIpc) is 2.53. The molecule has 0 saturated carbocycles. The molecule has 2 aliphatic heterocycles. The van der Waals surface area contributed by atoms with E-state index in [2.05, 4.69) is 5.32 Å². The van der Waals surface area contributed by atoms with Gasteiger partial charge in [0.15, 0.2) is 0 Å². The predicted molar refractivity (Wildman–Crippen MR) is 38.3 cm³/mol. The average molecular weight is 159 g/mol. The zero-order valence-electron chi connectivity index (χ0n) is 6.49. The van der Waals surface area contributed by atoms with E-state index in [1.54, 1.807) is 0 Å². The molecule has 64 valence electrons. The van der Waals surface area contributed by atoms with Crippen molar-refractivity contribution < 1.29 is 14.6 Å². The quantitative estimate of drug-likeness (QED) is 0.501. The van der Waals surface area contributed by atoms with Crippen molar-refractivity contribution in [3.63, 3.8) is 0 Å². The van der Waals surface area contributed by atoms with Crippen molar-refractivity contribution in [2.75, 3.05) is 20.3 Å². The summed E-state index contributed by atoms with van der Waals surface area (Å²) in [7, 11) is 1.88. The molecule has 0 aromatic heterocycles. The minimum absolute atomic E-state index is 0.0509. The van der Waals surface area contributed by atoms with Gasteiger partial charge < -0.3 is 19.9 Å². The van der Waals surface area contributed by atoms with Gasteiger partial charge in [-0.1, -0.05) is 0 Å². The van der Waals surface area contributed by atoms with Gasteiger partial charge in [-0.3, -0.25) is 0 Å². The summed E-state index contributed by atoms with van der Waals surface area (Å²) in [5, 5.41) is 12.4. The Hall–Kier alpha value is -0.160. The van der Waals surface area contributed by atoms with Crippen LogP contribution in [-0.2, 0) is 9.47 Å². The number of hydrogen-bond donors (Lipinski definition) is 2. The molecule has 2 heterocycles. The number of aliphatic hydroxyl groups excluding tert-OH is 1. The summed E-state index contributed by atoms with van der Waals surface area (Å²) in [4.78, 5) is 0. The van der Waals surface area contributed by atoms with E-state index in [4.69, 9.17) is 9.47 Å². The maximum atomic E-state index is 9.33. The molecular formula is C7H13NO3. The van der Waals surface area contributed by atoms with Crippen LogP contribution in [0.3, 0.4) is 0 Å². The molecule has 0 unspecified atom stereocenters. The van der Waals surface area contributed by atoms with E-state index in [-0.39, 0.29) is 18.2 Å². The minimum Gasteiger partial charge on any atom is -0.388 e. The van der Waals surface area contributed by atoms with Gasteiger partial charge in [0.05, 0.1) is 19.3 Å². The smallest absolute Gasteiger partial charge is 0.113 e. The standard InChI is InChI=1S/C7H13NO3/c1-8-4-2-10-7-5(9)3-11-6(4)7/h4-9H,2-3H2,1H3/t4-,5+,6+,7+/m0/s1. The summed E-state index contributed by atoms with van der Waals surface area (Å²) in [6, 6.07) is 0.247. The van der Waals surface area contributed by atoms with Crippen molar-refractivity contribution in [3.05, 3.63) is 0 Å². The highest BCUT2D eigenvalue weighted by molar-refractivity contribution is 4.96. The van der Waals surface area contributed by atoms with E-state index in [0.29, 0.717) is 13.2 Å². The van der Waals surface area contributed by atoms with E-state index >= 15 is 0 Å². The van der Waals surface area contributed by atoms with Crippen LogP contribution in [0.25, 0.3) is 0 Å². The summed E-state index contributed by atoms with van der Waals surface area (Å²) in [6.07, 6.45) is -0.485. The van der Waals surface area contributed by atoms with Crippen LogP contribution in [-0.4, -0.2) is 49.7 Å². The van der Waals surface area contributed by atoms with E-state index in [1.165, 1.54) is 0 Å². The van der Waals surface area contributed by atoms with Gasteiger partial charge in [0.2, 0.25) is 0 Å². The SMILES string of the molecule is CN[C@H]1CO[C@H]2[C@@H]1OC[C@H]2O. The van der Waals surface area contributed by atoms with Gasteiger partial charge in [-0.15, -0.1) is 0 Å². The molecule has 0 radical (unpaired) electrons. The first-order valence-corrected chi connectivity index (χ1v) is 3.91. The largest absolute Gasteiger partial charge is 0.388 e. The molecule has 2 saturated heterocycles. The Balaban J connectivity index is 2.04. The van der Waals surface area contributed by atoms with Crippen LogP contribution in [0, 0.1) is 0 Å². The first kappa shape index (κ1) is 7.49. The van der Waals surface area contributed by atoms with E-state index in [9.17, 15) is 5.11 Å². The Morgan fingerprint density at radius 3 is 2.73 bits per heavy atom. The van der Waals surface area contributed by atoms with Crippen LogP contribution in [0.15, 0.2) is 0 Å². The van der Waals surface area contributed by atoms with Gasteiger partial charge in [-0.2, -0.15) is 0 Å². The van der Waals surface area contributed by atoms with Crippen molar-refractivity contribution in [2.24, 2.45) is 0 Å². The van der Waals surface area contributed by atoms with Crippen molar-refractivity contribution in [3.8, 4) is 0 Å². The Labute approximate surface area is 65.5 Å². The molecule has 4 heteroatoms.